The molecule has 1 atom stereocenters. The number of rotatable bonds is 6. The molecule has 1 amide bonds. The fraction of sp³-hybridized carbons (Fsp3) is 0.240. The summed E-state index contributed by atoms with van der Waals surface area (Å²) < 4.78 is 15.3. The van der Waals surface area contributed by atoms with Gasteiger partial charge in [0.25, 0.3) is 5.91 Å². The van der Waals surface area contributed by atoms with E-state index in [-0.39, 0.29) is 17.8 Å². The Morgan fingerprint density at radius 2 is 2.00 bits per heavy atom. The number of benzene rings is 2. The monoisotopic (exact) mass is 442 g/mol. The summed E-state index contributed by atoms with van der Waals surface area (Å²) in [5.41, 5.74) is 3.91. The van der Waals surface area contributed by atoms with Crippen LogP contribution in [0.25, 0.3) is 0 Å². The highest BCUT2D eigenvalue weighted by Crippen LogP contribution is 2.32. The molecule has 0 bridgehead atoms. The highest BCUT2D eigenvalue weighted by Gasteiger charge is 2.32. The van der Waals surface area contributed by atoms with Crippen LogP contribution in [-0.2, 0) is 13.0 Å². The number of hydrogen-bond donors (Lipinski definition) is 0. The molecular formula is C25H23FN6O. The molecule has 4 aromatic rings. The molecule has 1 saturated heterocycles. The molecule has 1 aliphatic heterocycles. The van der Waals surface area contributed by atoms with Gasteiger partial charge in [-0.25, -0.2) is 14.1 Å². The predicted octanol–water partition coefficient (Wildman–Crippen LogP) is 3.82. The molecule has 1 unspecified atom stereocenters. The number of halogens is 1. The number of carbonyl (C=O) groups is 1. The Kier molecular flexibility index (Phi) is 5.89. The number of hydrogen-bond acceptors (Lipinski definition) is 5. The number of likely N-dealkylation sites (tertiary alicyclic amines) is 1. The molecule has 0 aliphatic carbocycles. The van der Waals surface area contributed by atoms with Gasteiger partial charge in [-0.15, -0.1) is 0 Å². The third kappa shape index (κ3) is 4.64. The molecule has 0 N–H and O–H groups in total. The first-order chi connectivity index (χ1) is 16.2. The van der Waals surface area contributed by atoms with Gasteiger partial charge in [-0.2, -0.15) is 5.10 Å². The van der Waals surface area contributed by atoms with Gasteiger partial charge in [0.15, 0.2) is 0 Å². The molecule has 0 radical (unpaired) electrons. The van der Waals surface area contributed by atoms with Gasteiger partial charge in [-0.1, -0.05) is 30.3 Å². The predicted molar refractivity (Wildman–Crippen MR) is 120 cm³/mol. The number of carbonyl (C=O) groups excluding carboxylic acids is 1. The van der Waals surface area contributed by atoms with Gasteiger partial charge >= 0.3 is 0 Å². The van der Waals surface area contributed by atoms with Crippen LogP contribution in [0.3, 0.4) is 0 Å². The normalized spacial score (nSPS) is 15.7. The number of aromatic nitrogens is 5. The Morgan fingerprint density at radius 1 is 1.09 bits per heavy atom. The second-order valence-electron chi connectivity index (χ2n) is 8.15. The lowest BCUT2D eigenvalue weighted by Gasteiger charge is -2.25. The molecule has 3 heterocycles. The van der Waals surface area contributed by atoms with Crippen molar-refractivity contribution in [3.63, 3.8) is 0 Å². The molecule has 0 spiro atoms. The maximum absolute atomic E-state index is 13.6. The van der Waals surface area contributed by atoms with Crippen LogP contribution in [-0.4, -0.2) is 42.1 Å². The molecule has 0 saturated carbocycles. The highest BCUT2D eigenvalue weighted by molar-refractivity contribution is 5.96. The zero-order chi connectivity index (χ0) is 22.6. The minimum atomic E-state index is -0.270. The van der Waals surface area contributed by atoms with Crippen LogP contribution < -0.4 is 0 Å². The van der Waals surface area contributed by atoms with E-state index in [9.17, 15) is 9.18 Å². The minimum Gasteiger partial charge on any atom is -0.330 e. The van der Waals surface area contributed by atoms with Crippen LogP contribution in [0.1, 0.15) is 51.8 Å². The number of nitrogens with zero attached hydrogens (tertiary/aromatic N) is 6. The molecule has 33 heavy (non-hydrogen) atoms. The number of amides is 1. The maximum atomic E-state index is 13.6. The highest BCUT2D eigenvalue weighted by atomic mass is 19.1. The molecule has 8 heteroatoms. The molecule has 1 aliphatic rings. The topological polar surface area (TPSA) is 76.8 Å². The molecular weight excluding hydrogens is 419 g/mol. The van der Waals surface area contributed by atoms with Crippen LogP contribution in [0.2, 0.25) is 0 Å². The van der Waals surface area contributed by atoms with Crippen molar-refractivity contribution < 1.29 is 9.18 Å². The van der Waals surface area contributed by atoms with Crippen LogP contribution in [0.5, 0.6) is 0 Å². The fourth-order valence-corrected chi connectivity index (χ4v) is 4.35. The van der Waals surface area contributed by atoms with E-state index in [0.717, 1.165) is 35.4 Å². The summed E-state index contributed by atoms with van der Waals surface area (Å²) >= 11 is 0. The second kappa shape index (κ2) is 9.28. The Labute approximate surface area is 191 Å². The molecule has 2 aromatic heterocycles. The van der Waals surface area contributed by atoms with Crippen molar-refractivity contribution in [2.24, 2.45) is 0 Å². The van der Waals surface area contributed by atoms with Crippen molar-refractivity contribution in [3.8, 4) is 0 Å². The van der Waals surface area contributed by atoms with Crippen LogP contribution in [0.4, 0.5) is 4.39 Å². The van der Waals surface area contributed by atoms with Crippen molar-refractivity contribution >= 4 is 5.91 Å². The SMILES string of the molecule is O=C(c1ccccc1Cn1cncn1)N1CCCC1c1cncc(Cc2cccc(F)c2)n1. The molecule has 5 rings (SSSR count). The summed E-state index contributed by atoms with van der Waals surface area (Å²) in [7, 11) is 0. The average Bonchev–Trinajstić information content (AvgIpc) is 3.52. The zero-order valence-corrected chi connectivity index (χ0v) is 18.0. The van der Waals surface area contributed by atoms with Gasteiger partial charge in [0.05, 0.1) is 30.2 Å². The molecule has 7 nitrogen and oxygen atoms in total. The summed E-state index contributed by atoms with van der Waals surface area (Å²) in [6.45, 7) is 1.14. The lowest BCUT2D eigenvalue weighted by atomic mass is 10.0. The second-order valence-corrected chi connectivity index (χ2v) is 8.15. The van der Waals surface area contributed by atoms with Crippen LogP contribution in [0.15, 0.2) is 73.6 Å². The fourth-order valence-electron chi connectivity index (χ4n) is 4.35. The standard InChI is InChI=1S/C25H23FN6O/c26-20-7-3-5-18(11-20)12-21-13-27-14-23(30-21)24-9-4-10-32(24)25(33)22-8-2-1-6-19(22)15-31-17-28-16-29-31/h1-3,5-8,11,13-14,16-17,24H,4,9-10,12,15H2. The van der Waals surface area contributed by atoms with E-state index in [1.165, 1.54) is 18.5 Å². The zero-order valence-electron chi connectivity index (χ0n) is 18.0. The van der Waals surface area contributed by atoms with E-state index in [1.807, 2.05) is 35.2 Å². The van der Waals surface area contributed by atoms with E-state index in [1.54, 1.807) is 29.5 Å². The van der Waals surface area contributed by atoms with Crippen LogP contribution in [0, 0.1) is 5.82 Å². The van der Waals surface area contributed by atoms with Gasteiger partial charge in [0.2, 0.25) is 0 Å². The lowest BCUT2D eigenvalue weighted by molar-refractivity contribution is 0.0731. The summed E-state index contributed by atoms with van der Waals surface area (Å²) in [4.78, 5) is 28.6. The van der Waals surface area contributed by atoms with Crippen LogP contribution >= 0.6 is 0 Å². The molecule has 166 valence electrons. The largest absolute Gasteiger partial charge is 0.330 e. The van der Waals surface area contributed by atoms with Crippen molar-refractivity contribution in [3.05, 3.63) is 107 Å². The molecule has 1 fully saturated rings. The van der Waals surface area contributed by atoms with E-state index in [4.69, 9.17) is 4.98 Å². The Bertz CT molecular complexity index is 1260. The first kappa shape index (κ1) is 20.9. The first-order valence-electron chi connectivity index (χ1n) is 10.9. The van der Waals surface area contributed by atoms with Crippen molar-refractivity contribution in [2.75, 3.05) is 6.54 Å². The third-order valence-corrected chi connectivity index (χ3v) is 5.88. The van der Waals surface area contributed by atoms with Gasteiger partial charge in [-0.3, -0.25) is 14.8 Å². The van der Waals surface area contributed by atoms with E-state index in [0.29, 0.717) is 25.1 Å². The lowest BCUT2D eigenvalue weighted by Crippen LogP contribution is -2.32. The Morgan fingerprint density at radius 3 is 2.85 bits per heavy atom. The van der Waals surface area contributed by atoms with Gasteiger partial charge in [-0.05, 0) is 42.2 Å². The quantitative estimate of drug-likeness (QED) is 0.454. The summed E-state index contributed by atoms with van der Waals surface area (Å²) in [6, 6.07) is 14.0. The smallest absolute Gasteiger partial charge is 0.254 e. The van der Waals surface area contributed by atoms with Gasteiger partial charge in [0, 0.05) is 24.7 Å². The Hall–Kier alpha value is -3.94. The summed E-state index contributed by atoms with van der Waals surface area (Å²) in [5.74, 6) is -0.292. The minimum absolute atomic E-state index is 0.0226. The van der Waals surface area contributed by atoms with Crippen molar-refractivity contribution in [2.45, 2.75) is 31.8 Å². The molecule has 2 aromatic carbocycles. The van der Waals surface area contributed by atoms with Crippen molar-refractivity contribution in [1.82, 2.24) is 29.6 Å². The average molecular weight is 442 g/mol. The van der Waals surface area contributed by atoms with E-state index < -0.39 is 0 Å². The maximum Gasteiger partial charge on any atom is 0.254 e. The van der Waals surface area contributed by atoms with Gasteiger partial charge < -0.3 is 4.90 Å². The summed E-state index contributed by atoms with van der Waals surface area (Å²) in [5, 5.41) is 4.16. The van der Waals surface area contributed by atoms with E-state index in [2.05, 4.69) is 15.1 Å². The first-order valence-corrected chi connectivity index (χ1v) is 10.9. The van der Waals surface area contributed by atoms with E-state index >= 15 is 0 Å². The van der Waals surface area contributed by atoms with Gasteiger partial charge in [0.1, 0.15) is 18.5 Å². The summed E-state index contributed by atoms with van der Waals surface area (Å²) in [6.07, 6.45) is 8.76. The Balaban J connectivity index is 1.38. The third-order valence-electron chi connectivity index (χ3n) is 5.88. The van der Waals surface area contributed by atoms with Crippen molar-refractivity contribution in [1.29, 1.82) is 0 Å².